The molecule has 0 atom stereocenters. The number of halogens is 3. The Bertz CT molecular complexity index is 527. The molecule has 0 saturated heterocycles. The van der Waals surface area contributed by atoms with Gasteiger partial charge in [0, 0.05) is 11.9 Å². The molecule has 0 aliphatic heterocycles. The molecule has 1 aliphatic rings. The van der Waals surface area contributed by atoms with E-state index in [0.29, 0.717) is 6.54 Å². The van der Waals surface area contributed by atoms with Crippen LogP contribution in [-0.2, 0) is 0 Å². The van der Waals surface area contributed by atoms with Gasteiger partial charge in [-0.15, -0.1) is 0 Å². The van der Waals surface area contributed by atoms with E-state index in [1.807, 2.05) is 0 Å². The largest absolute Gasteiger partial charge is 0.351 e. The summed E-state index contributed by atoms with van der Waals surface area (Å²) in [6.45, 7) is 1.97. The average molecular weight is 360 g/mol. The predicted octanol–water partition coefficient (Wildman–Crippen LogP) is 4.35. The van der Waals surface area contributed by atoms with Gasteiger partial charge in [0.2, 0.25) is 0 Å². The van der Waals surface area contributed by atoms with Gasteiger partial charge >= 0.3 is 0 Å². The van der Waals surface area contributed by atoms with Crippen molar-refractivity contribution in [3.05, 3.63) is 34.9 Å². The summed E-state index contributed by atoms with van der Waals surface area (Å²) < 4.78 is 27.7. The Morgan fingerprint density at radius 2 is 1.95 bits per heavy atom. The van der Waals surface area contributed by atoms with Crippen molar-refractivity contribution in [3.63, 3.8) is 0 Å². The minimum atomic E-state index is -0.813. The quantitative estimate of drug-likeness (QED) is 0.795. The van der Waals surface area contributed by atoms with E-state index in [2.05, 4.69) is 21.2 Å². The highest BCUT2D eigenvalue weighted by molar-refractivity contribution is 9.09. The number of rotatable bonds is 4. The minimum Gasteiger partial charge on any atom is -0.351 e. The molecule has 21 heavy (non-hydrogen) atoms. The molecule has 5 heteroatoms. The number of hydrogen-bond acceptors (Lipinski definition) is 1. The number of carbonyl (C=O) groups is 1. The third-order valence-corrected chi connectivity index (χ3v) is 5.52. The first kappa shape index (κ1) is 16.4. The summed E-state index contributed by atoms with van der Waals surface area (Å²) in [5.41, 5.74) is -0.199. The summed E-state index contributed by atoms with van der Waals surface area (Å²) in [4.78, 5) is 12.1. The van der Waals surface area contributed by atoms with E-state index in [-0.39, 0.29) is 11.0 Å². The summed E-state index contributed by atoms with van der Waals surface area (Å²) in [7, 11) is 0. The fourth-order valence-electron chi connectivity index (χ4n) is 2.88. The molecule has 0 radical (unpaired) electrons. The molecule has 2 rings (SSSR count). The number of aryl methyl sites for hydroxylation is 1. The van der Waals surface area contributed by atoms with Crippen molar-refractivity contribution in [2.75, 3.05) is 11.9 Å². The summed E-state index contributed by atoms with van der Waals surface area (Å²) in [5.74, 6) is -2.25. The topological polar surface area (TPSA) is 29.1 Å². The molecule has 0 aromatic heterocycles. The van der Waals surface area contributed by atoms with Gasteiger partial charge in [-0.1, -0.05) is 41.3 Å². The van der Waals surface area contributed by atoms with E-state index in [0.717, 1.165) is 37.1 Å². The lowest BCUT2D eigenvalue weighted by Gasteiger charge is -2.35. The summed E-state index contributed by atoms with van der Waals surface area (Å²) in [6, 6.07) is 2.47. The Labute approximate surface area is 132 Å². The van der Waals surface area contributed by atoms with Crippen molar-refractivity contribution in [3.8, 4) is 0 Å². The number of hydrogen-bond donors (Lipinski definition) is 1. The SMILES string of the molecule is Cc1ccc(F)c(C(=O)NCC2(CBr)CCCCC2)c1F. The zero-order chi connectivity index (χ0) is 15.5. The van der Waals surface area contributed by atoms with Gasteiger partial charge in [0.05, 0.1) is 0 Å². The van der Waals surface area contributed by atoms with Crippen molar-refractivity contribution in [1.82, 2.24) is 5.32 Å². The van der Waals surface area contributed by atoms with Crippen LogP contribution in [0.5, 0.6) is 0 Å². The lowest BCUT2D eigenvalue weighted by atomic mass is 9.75. The molecule has 1 amide bonds. The highest BCUT2D eigenvalue weighted by Gasteiger charge is 2.32. The fraction of sp³-hybridized carbons (Fsp3) is 0.562. The first-order chi connectivity index (χ1) is 9.99. The number of carbonyl (C=O) groups excluding carboxylic acids is 1. The molecular weight excluding hydrogens is 340 g/mol. The molecule has 0 unspecified atom stereocenters. The molecule has 1 aromatic rings. The number of nitrogens with one attached hydrogen (secondary N) is 1. The van der Waals surface area contributed by atoms with Gasteiger partial charge in [-0.25, -0.2) is 8.78 Å². The summed E-state index contributed by atoms with van der Waals surface area (Å²) >= 11 is 3.52. The van der Waals surface area contributed by atoms with E-state index >= 15 is 0 Å². The lowest BCUT2D eigenvalue weighted by molar-refractivity contribution is 0.0913. The monoisotopic (exact) mass is 359 g/mol. The van der Waals surface area contributed by atoms with Crippen LogP contribution in [0.1, 0.15) is 48.0 Å². The van der Waals surface area contributed by atoms with Gasteiger partial charge in [0.15, 0.2) is 0 Å². The van der Waals surface area contributed by atoms with Crippen LogP contribution in [0.2, 0.25) is 0 Å². The van der Waals surface area contributed by atoms with Crippen LogP contribution in [0.4, 0.5) is 8.78 Å². The standard InChI is InChI=1S/C16H20BrF2NO/c1-11-5-6-12(18)13(14(11)19)15(21)20-10-16(9-17)7-3-2-4-8-16/h5-6H,2-4,7-10H2,1H3,(H,20,21). The molecule has 2 nitrogen and oxygen atoms in total. The van der Waals surface area contributed by atoms with Crippen LogP contribution in [0.25, 0.3) is 0 Å². The number of alkyl halides is 1. The molecule has 1 saturated carbocycles. The zero-order valence-corrected chi connectivity index (χ0v) is 13.7. The summed E-state index contributed by atoms with van der Waals surface area (Å²) in [5, 5.41) is 3.51. The van der Waals surface area contributed by atoms with Crippen molar-refractivity contribution < 1.29 is 13.6 Å². The smallest absolute Gasteiger partial charge is 0.257 e. The third kappa shape index (κ3) is 3.62. The highest BCUT2D eigenvalue weighted by atomic mass is 79.9. The second-order valence-corrected chi connectivity index (χ2v) is 6.49. The summed E-state index contributed by atoms with van der Waals surface area (Å²) in [6.07, 6.45) is 5.53. The van der Waals surface area contributed by atoms with E-state index in [4.69, 9.17) is 0 Å². The van der Waals surface area contributed by atoms with Gasteiger partial charge in [-0.2, -0.15) is 0 Å². The van der Waals surface area contributed by atoms with Crippen molar-refractivity contribution in [1.29, 1.82) is 0 Å². The molecular formula is C16H20BrF2NO. The van der Waals surface area contributed by atoms with Gasteiger partial charge in [-0.05, 0) is 36.8 Å². The molecule has 0 heterocycles. The molecule has 1 aromatic carbocycles. The van der Waals surface area contributed by atoms with Crippen LogP contribution in [0.3, 0.4) is 0 Å². The normalized spacial score (nSPS) is 17.5. The second-order valence-electron chi connectivity index (χ2n) is 5.93. The third-order valence-electron chi connectivity index (χ3n) is 4.33. The van der Waals surface area contributed by atoms with E-state index in [1.54, 1.807) is 0 Å². The van der Waals surface area contributed by atoms with Crippen molar-refractivity contribution in [2.24, 2.45) is 5.41 Å². The maximum Gasteiger partial charge on any atom is 0.257 e. The Morgan fingerprint density at radius 1 is 1.29 bits per heavy atom. The van der Waals surface area contributed by atoms with Crippen LogP contribution < -0.4 is 5.32 Å². The van der Waals surface area contributed by atoms with Gasteiger partial charge in [-0.3, -0.25) is 4.79 Å². The lowest BCUT2D eigenvalue weighted by Crippen LogP contribution is -2.40. The first-order valence-corrected chi connectivity index (χ1v) is 8.40. The minimum absolute atomic E-state index is 0.00465. The van der Waals surface area contributed by atoms with E-state index in [9.17, 15) is 13.6 Å². The highest BCUT2D eigenvalue weighted by Crippen LogP contribution is 2.37. The van der Waals surface area contributed by atoms with Crippen LogP contribution in [0.15, 0.2) is 12.1 Å². The fourth-order valence-corrected chi connectivity index (χ4v) is 3.64. The van der Waals surface area contributed by atoms with Crippen LogP contribution in [-0.4, -0.2) is 17.8 Å². The van der Waals surface area contributed by atoms with E-state index in [1.165, 1.54) is 19.4 Å². The number of benzene rings is 1. The maximum absolute atomic E-state index is 13.9. The Kier molecular flexibility index (Phi) is 5.36. The zero-order valence-electron chi connectivity index (χ0n) is 12.1. The molecule has 0 bridgehead atoms. The van der Waals surface area contributed by atoms with Crippen LogP contribution in [0, 0.1) is 24.0 Å². The molecule has 1 aliphatic carbocycles. The van der Waals surface area contributed by atoms with Crippen LogP contribution >= 0.6 is 15.9 Å². The van der Waals surface area contributed by atoms with Gasteiger partial charge in [0.25, 0.3) is 5.91 Å². The predicted molar refractivity (Wildman–Crippen MR) is 82.7 cm³/mol. The average Bonchev–Trinajstić information content (AvgIpc) is 2.50. The molecule has 1 fully saturated rings. The van der Waals surface area contributed by atoms with E-state index < -0.39 is 23.1 Å². The Morgan fingerprint density at radius 3 is 2.57 bits per heavy atom. The Balaban J connectivity index is 2.10. The molecule has 116 valence electrons. The molecule has 1 N–H and O–H groups in total. The van der Waals surface area contributed by atoms with Gasteiger partial charge in [0.1, 0.15) is 17.2 Å². The molecule has 0 spiro atoms. The van der Waals surface area contributed by atoms with Crippen molar-refractivity contribution in [2.45, 2.75) is 39.0 Å². The Hall–Kier alpha value is -0.970. The van der Waals surface area contributed by atoms with Gasteiger partial charge < -0.3 is 5.32 Å². The van der Waals surface area contributed by atoms with Crippen molar-refractivity contribution >= 4 is 21.8 Å². The number of amides is 1. The first-order valence-electron chi connectivity index (χ1n) is 7.28. The second kappa shape index (κ2) is 6.86. The maximum atomic E-state index is 13.9.